The fraction of sp³-hybridized carbons (Fsp3) is 0.357. The summed E-state index contributed by atoms with van der Waals surface area (Å²) in [6.07, 6.45) is 2.40. The summed E-state index contributed by atoms with van der Waals surface area (Å²) >= 11 is 0. The number of anilines is 1. The van der Waals surface area contributed by atoms with Crippen LogP contribution in [0.25, 0.3) is 11.0 Å². The average Bonchev–Trinajstić information content (AvgIpc) is 3.01. The number of rotatable bonds is 5. The fourth-order valence-electron chi connectivity index (χ4n) is 2.36. The fourth-order valence-corrected chi connectivity index (χ4v) is 2.36. The second-order valence-corrected chi connectivity index (χ2v) is 4.76. The molecule has 0 aliphatic carbocycles. The van der Waals surface area contributed by atoms with Gasteiger partial charge in [0.25, 0.3) is 0 Å². The first-order valence-corrected chi connectivity index (χ1v) is 6.91. The molecule has 0 radical (unpaired) electrons. The number of hydrogen-bond acceptors (Lipinski definition) is 5. The van der Waals surface area contributed by atoms with Crippen molar-refractivity contribution >= 4 is 17.0 Å². The first-order chi connectivity index (χ1) is 10.2. The van der Waals surface area contributed by atoms with E-state index >= 15 is 0 Å². The molecule has 110 valence electrons. The number of nitrogens with zero attached hydrogens (tertiary/aromatic N) is 5. The van der Waals surface area contributed by atoms with Crippen molar-refractivity contribution in [3.63, 3.8) is 0 Å². The minimum atomic E-state index is 0.480. The molecule has 7 nitrogen and oxygen atoms in total. The predicted molar refractivity (Wildman–Crippen MR) is 80.0 cm³/mol. The zero-order valence-corrected chi connectivity index (χ0v) is 12.2. The maximum atomic E-state index is 6.04. The van der Waals surface area contributed by atoms with Crippen molar-refractivity contribution < 1.29 is 4.74 Å². The lowest BCUT2D eigenvalue weighted by Gasteiger charge is -2.06. The maximum absolute atomic E-state index is 6.04. The number of nitrogens with two attached hydrogens (primary N) is 1. The van der Waals surface area contributed by atoms with E-state index in [-0.39, 0.29) is 0 Å². The van der Waals surface area contributed by atoms with Gasteiger partial charge in [-0.1, -0.05) is 6.07 Å². The number of hydrogen-bond donors (Lipinski definition) is 1. The Morgan fingerprint density at radius 3 is 2.90 bits per heavy atom. The Morgan fingerprint density at radius 2 is 2.19 bits per heavy atom. The van der Waals surface area contributed by atoms with E-state index < -0.39 is 0 Å². The average molecular weight is 286 g/mol. The molecule has 0 saturated carbocycles. The van der Waals surface area contributed by atoms with Gasteiger partial charge in [0.2, 0.25) is 5.95 Å². The molecule has 21 heavy (non-hydrogen) atoms. The molecule has 0 saturated heterocycles. The van der Waals surface area contributed by atoms with E-state index in [1.165, 1.54) is 0 Å². The number of nitrogen functional groups attached to an aromatic ring is 1. The van der Waals surface area contributed by atoms with E-state index in [2.05, 4.69) is 15.1 Å². The van der Waals surface area contributed by atoms with Crippen LogP contribution in [0.5, 0.6) is 5.75 Å². The van der Waals surface area contributed by atoms with Gasteiger partial charge in [0.1, 0.15) is 17.6 Å². The molecule has 0 bridgehead atoms. The molecule has 3 rings (SSSR count). The predicted octanol–water partition coefficient (Wildman–Crippen LogP) is 1.39. The third kappa shape index (κ3) is 2.54. The number of aryl methyl sites for hydroxylation is 3. The molecular weight excluding hydrogens is 268 g/mol. The van der Waals surface area contributed by atoms with E-state index in [0.717, 1.165) is 22.6 Å². The van der Waals surface area contributed by atoms with Gasteiger partial charge in [-0.3, -0.25) is 4.68 Å². The summed E-state index contributed by atoms with van der Waals surface area (Å²) in [6.45, 7) is 3.23. The van der Waals surface area contributed by atoms with Crippen LogP contribution < -0.4 is 10.5 Å². The van der Waals surface area contributed by atoms with Crippen molar-refractivity contribution in [2.45, 2.75) is 19.9 Å². The van der Waals surface area contributed by atoms with Gasteiger partial charge in [0.05, 0.1) is 12.1 Å². The number of imidazole rings is 1. The molecular formula is C14H18N6O. The molecule has 1 aromatic carbocycles. The Balaban J connectivity index is 1.91. The van der Waals surface area contributed by atoms with Gasteiger partial charge in [0, 0.05) is 20.0 Å². The van der Waals surface area contributed by atoms with Crippen LogP contribution in [0.4, 0.5) is 5.95 Å². The quantitative estimate of drug-likeness (QED) is 0.766. The Bertz CT molecular complexity index is 760. The minimum Gasteiger partial charge on any atom is -0.492 e. The van der Waals surface area contributed by atoms with E-state index in [1.807, 2.05) is 36.7 Å². The SMILES string of the molecule is CCOc1cccc2c1nc(N)n2CCc1ncn(C)n1. The molecule has 2 aromatic heterocycles. The molecule has 0 amide bonds. The van der Waals surface area contributed by atoms with E-state index in [9.17, 15) is 0 Å². The van der Waals surface area contributed by atoms with Crippen LogP contribution in [-0.2, 0) is 20.0 Å². The highest BCUT2D eigenvalue weighted by Gasteiger charge is 2.12. The monoisotopic (exact) mass is 286 g/mol. The van der Waals surface area contributed by atoms with Gasteiger partial charge in [-0.25, -0.2) is 9.97 Å². The van der Waals surface area contributed by atoms with Crippen LogP contribution in [0.2, 0.25) is 0 Å². The smallest absolute Gasteiger partial charge is 0.201 e. The highest BCUT2D eigenvalue weighted by atomic mass is 16.5. The van der Waals surface area contributed by atoms with E-state index in [0.29, 0.717) is 25.5 Å². The zero-order valence-electron chi connectivity index (χ0n) is 12.2. The third-order valence-electron chi connectivity index (χ3n) is 3.28. The molecule has 7 heteroatoms. The number of para-hydroxylation sites is 1. The number of ether oxygens (including phenoxy) is 1. The topological polar surface area (TPSA) is 83.8 Å². The van der Waals surface area contributed by atoms with Crippen molar-refractivity contribution in [1.82, 2.24) is 24.3 Å². The first kappa shape index (κ1) is 13.4. The number of benzene rings is 1. The van der Waals surface area contributed by atoms with Gasteiger partial charge in [-0.15, -0.1) is 0 Å². The second kappa shape index (κ2) is 5.43. The normalized spacial score (nSPS) is 11.1. The highest BCUT2D eigenvalue weighted by Crippen LogP contribution is 2.27. The van der Waals surface area contributed by atoms with E-state index in [4.69, 9.17) is 10.5 Å². The Kier molecular flexibility index (Phi) is 3.47. The second-order valence-electron chi connectivity index (χ2n) is 4.76. The molecule has 0 aliphatic heterocycles. The lowest BCUT2D eigenvalue weighted by molar-refractivity contribution is 0.343. The van der Waals surface area contributed by atoms with Crippen molar-refractivity contribution in [2.24, 2.45) is 7.05 Å². The summed E-state index contributed by atoms with van der Waals surface area (Å²) in [4.78, 5) is 8.64. The molecule has 2 heterocycles. The van der Waals surface area contributed by atoms with Crippen molar-refractivity contribution in [3.8, 4) is 5.75 Å². The summed E-state index contributed by atoms with van der Waals surface area (Å²) < 4.78 is 9.25. The molecule has 0 unspecified atom stereocenters. The first-order valence-electron chi connectivity index (χ1n) is 6.91. The van der Waals surface area contributed by atoms with Crippen molar-refractivity contribution in [1.29, 1.82) is 0 Å². The van der Waals surface area contributed by atoms with Crippen LogP contribution in [-0.4, -0.2) is 30.9 Å². The Labute approximate surface area is 122 Å². The molecule has 0 spiro atoms. The molecule has 2 N–H and O–H groups in total. The molecule has 0 aliphatic rings. The standard InChI is InChI=1S/C14H18N6O/c1-3-21-11-6-4-5-10-13(11)17-14(15)20(10)8-7-12-16-9-19(2)18-12/h4-6,9H,3,7-8H2,1-2H3,(H2,15,17). The third-order valence-corrected chi connectivity index (χ3v) is 3.28. The molecule has 0 atom stereocenters. The highest BCUT2D eigenvalue weighted by molar-refractivity contribution is 5.84. The van der Waals surface area contributed by atoms with Gasteiger partial charge in [-0.05, 0) is 19.1 Å². The van der Waals surface area contributed by atoms with Crippen LogP contribution in [0.1, 0.15) is 12.7 Å². The van der Waals surface area contributed by atoms with Crippen LogP contribution in [0.3, 0.4) is 0 Å². The summed E-state index contributed by atoms with van der Waals surface area (Å²) in [5, 5.41) is 4.27. The molecule has 0 fully saturated rings. The largest absolute Gasteiger partial charge is 0.492 e. The minimum absolute atomic E-state index is 0.480. The van der Waals surface area contributed by atoms with Crippen molar-refractivity contribution in [2.75, 3.05) is 12.3 Å². The lowest BCUT2D eigenvalue weighted by atomic mass is 10.3. The Hall–Kier alpha value is -2.57. The van der Waals surface area contributed by atoms with Crippen LogP contribution in [0, 0.1) is 0 Å². The van der Waals surface area contributed by atoms with Crippen molar-refractivity contribution in [3.05, 3.63) is 30.4 Å². The van der Waals surface area contributed by atoms with Gasteiger partial charge >= 0.3 is 0 Å². The maximum Gasteiger partial charge on any atom is 0.201 e. The summed E-state index contributed by atoms with van der Waals surface area (Å²) in [6, 6.07) is 5.85. The summed E-state index contributed by atoms with van der Waals surface area (Å²) in [5.41, 5.74) is 7.80. The van der Waals surface area contributed by atoms with E-state index in [1.54, 1.807) is 11.0 Å². The number of fused-ring (bicyclic) bond motifs is 1. The van der Waals surface area contributed by atoms with Gasteiger partial charge in [-0.2, -0.15) is 5.10 Å². The van der Waals surface area contributed by atoms with Gasteiger partial charge < -0.3 is 15.0 Å². The summed E-state index contributed by atoms with van der Waals surface area (Å²) in [5.74, 6) is 2.03. The molecule has 3 aromatic rings. The van der Waals surface area contributed by atoms with Crippen LogP contribution in [0.15, 0.2) is 24.5 Å². The van der Waals surface area contributed by atoms with Gasteiger partial charge in [0.15, 0.2) is 5.82 Å². The summed E-state index contributed by atoms with van der Waals surface area (Å²) in [7, 11) is 1.85. The number of aromatic nitrogens is 5. The Morgan fingerprint density at radius 1 is 1.33 bits per heavy atom. The lowest BCUT2D eigenvalue weighted by Crippen LogP contribution is -2.06. The zero-order chi connectivity index (χ0) is 14.8. The van der Waals surface area contributed by atoms with Crippen LogP contribution >= 0.6 is 0 Å².